The fourth-order valence-corrected chi connectivity index (χ4v) is 2.35. The Morgan fingerprint density at radius 2 is 2.10 bits per heavy atom. The van der Waals surface area contributed by atoms with Crippen LogP contribution in [-0.2, 0) is 7.05 Å². The monoisotopic (exact) mass is 300 g/mol. The lowest BCUT2D eigenvalue weighted by Crippen LogP contribution is -2.14. The third-order valence-corrected chi connectivity index (χ3v) is 3.50. The third kappa shape index (κ3) is 2.48. The van der Waals surface area contributed by atoms with E-state index in [1.807, 2.05) is 31.2 Å². The van der Waals surface area contributed by atoms with Crippen molar-refractivity contribution in [1.29, 1.82) is 0 Å². The first kappa shape index (κ1) is 13.6. The van der Waals surface area contributed by atoms with Crippen molar-refractivity contribution in [2.75, 3.05) is 5.32 Å². The van der Waals surface area contributed by atoms with Crippen molar-refractivity contribution in [2.24, 2.45) is 7.05 Å². The molecule has 0 aliphatic heterocycles. The molecular weight excluding hydrogens is 288 g/mol. The van der Waals surface area contributed by atoms with E-state index in [0.717, 1.165) is 16.5 Å². The van der Waals surface area contributed by atoms with Crippen LogP contribution in [-0.4, -0.2) is 20.7 Å². The zero-order chi connectivity index (χ0) is 15.0. The van der Waals surface area contributed by atoms with Crippen molar-refractivity contribution in [1.82, 2.24) is 14.8 Å². The second-order valence-electron chi connectivity index (χ2n) is 4.79. The number of aryl methyl sites for hydroxylation is 2. The van der Waals surface area contributed by atoms with E-state index in [0.29, 0.717) is 11.4 Å². The van der Waals surface area contributed by atoms with Gasteiger partial charge < -0.3 is 5.32 Å². The summed E-state index contributed by atoms with van der Waals surface area (Å²) in [7, 11) is 1.81. The number of aromatic nitrogens is 3. The van der Waals surface area contributed by atoms with Crippen LogP contribution in [0.3, 0.4) is 0 Å². The van der Waals surface area contributed by atoms with Gasteiger partial charge in [-0.15, -0.1) is 0 Å². The van der Waals surface area contributed by atoms with Gasteiger partial charge in [0.2, 0.25) is 0 Å². The van der Waals surface area contributed by atoms with Crippen LogP contribution in [0.2, 0.25) is 5.15 Å². The predicted octanol–water partition coefficient (Wildman–Crippen LogP) is 3.18. The maximum absolute atomic E-state index is 12.4. The average molecular weight is 301 g/mol. The van der Waals surface area contributed by atoms with Gasteiger partial charge in [-0.1, -0.05) is 29.8 Å². The molecule has 0 radical (unpaired) electrons. The molecule has 3 rings (SSSR count). The van der Waals surface area contributed by atoms with Gasteiger partial charge in [-0.3, -0.25) is 9.48 Å². The molecular formula is C15H13ClN4O. The molecule has 1 amide bonds. The van der Waals surface area contributed by atoms with Gasteiger partial charge in [0.25, 0.3) is 5.91 Å². The number of hydrogen-bond acceptors (Lipinski definition) is 3. The number of benzene rings is 1. The number of rotatable bonds is 2. The molecule has 5 nitrogen and oxygen atoms in total. The van der Waals surface area contributed by atoms with Crippen LogP contribution in [0.25, 0.3) is 10.9 Å². The number of nitrogens with zero attached hydrogens (tertiary/aromatic N) is 3. The molecule has 1 aromatic carbocycles. The smallest absolute Gasteiger partial charge is 0.276 e. The highest BCUT2D eigenvalue weighted by atomic mass is 35.5. The minimum atomic E-state index is -0.305. The van der Waals surface area contributed by atoms with Crippen molar-refractivity contribution >= 4 is 34.1 Å². The van der Waals surface area contributed by atoms with E-state index in [4.69, 9.17) is 11.6 Å². The van der Waals surface area contributed by atoms with E-state index in [1.165, 1.54) is 0 Å². The number of pyridine rings is 1. The fourth-order valence-electron chi connectivity index (χ4n) is 2.20. The molecule has 3 aromatic rings. The standard InChI is InChI=1S/C15H13ClN4O/c1-9-7-11(14(16)17-8-9)18-15(21)13-10-5-3-4-6-12(10)20(2)19-13/h3-8H,1-2H3,(H,18,21). The van der Waals surface area contributed by atoms with Gasteiger partial charge in [-0.25, -0.2) is 4.98 Å². The number of halogens is 1. The van der Waals surface area contributed by atoms with Gasteiger partial charge in [0.15, 0.2) is 10.8 Å². The van der Waals surface area contributed by atoms with Crippen LogP contribution in [0.1, 0.15) is 16.1 Å². The summed E-state index contributed by atoms with van der Waals surface area (Å²) >= 11 is 6.00. The van der Waals surface area contributed by atoms with Crippen LogP contribution in [0.15, 0.2) is 36.5 Å². The van der Waals surface area contributed by atoms with Crippen molar-refractivity contribution in [3.63, 3.8) is 0 Å². The summed E-state index contributed by atoms with van der Waals surface area (Å²) in [6.07, 6.45) is 1.65. The second-order valence-corrected chi connectivity index (χ2v) is 5.15. The van der Waals surface area contributed by atoms with Crippen LogP contribution < -0.4 is 5.32 Å². The SMILES string of the molecule is Cc1cnc(Cl)c(NC(=O)c2nn(C)c3ccccc23)c1. The summed E-state index contributed by atoms with van der Waals surface area (Å²) < 4.78 is 1.68. The summed E-state index contributed by atoms with van der Waals surface area (Å²) in [6.45, 7) is 1.88. The van der Waals surface area contributed by atoms with Crippen LogP contribution >= 0.6 is 11.6 Å². The van der Waals surface area contributed by atoms with E-state index in [2.05, 4.69) is 15.4 Å². The summed E-state index contributed by atoms with van der Waals surface area (Å²) in [5, 5.41) is 8.10. The first-order valence-electron chi connectivity index (χ1n) is 6.41. The summed E-state index contributed by atoms with van der Waals surface area (Å²) in [5.41, 5.74) is 2.67. The van der Waals surface area contributed by atoms with Gasteiger partial charge in [0.1, 0.15) is 0 Å². The second kappa shape index (κ2) is 5.18. The Morgan fingerprint density at radius 3 is 2.90 bits per heavy atom. The third-order valence-electron chi connectivity index (χ3n) is 3.20. The quantitative estimate of drug-likeness (QED) is 0.739. The van der Waals surface area contributed by atoms with Gasteiger partial charge >= 0.3 is 0 Å². The van der Waals surface area contributed by atoms with Gasteiger partial charge in [-0.2, -0.15) is 5.10 Å². The zero-order valence-corrected chi connectivity index (χ0v) is 12.3. The van der Waals surface area contributed by atoms with E-state index < -0.39 is 0 Å². The van der Waals surface area contributed by atoms with E-state index in [-0.39, 0.29) is 11.1 Å². The fraction of sp³-hybridized carbons (Fsp3) is 0.133. The summed E-state index contributed by atoms with van der Waals surface area (Å²) in [4.78, 5) is 16.4. The van der Waals surface area contributed by atoms with Crippen LogP contribution in [0, 0.1) is 6.92 Å². The van der Waals surface area contributed by atoms with Gasteiger partial charge in [0, 0.05) is 18.6 Å². The molecule has 2 aromatic heterocycles. The molecule has 0 aliphatic rings. The normalized spacial score (nSPS) is 10.8. The highest BCUT2D eigenvalue weighted by Gasteiger charge is 2.17. The predicted molar refractivity (Wildman–Crippen MR) is 82.7 cm³/mol. The maximum Gasteiger partial charge on any atom is 0.276 e. The number of anilines is 1. The van der Waals surface area contributed by atoms with Crippen molar-refractivity contribution in [2.45, 2.75) is 6.92 Å². The van der Waals surface area contributed by atoms with Crippen molar-refractivity contribution in [3.8, 4) is 0 Å². The molecule has 0 spiro atoms. The number of hydrogen-bond donors (Lipinski definition) is 1. The molecule has 2 heterocycles. The maximum atomic E-state index is 12.4. The molecule has 1 N–H and O–H groups in total. The first-order valence-corrected chi connectivity index (χ1v) is 6.79. The zero-order valence-electron chi connectivity index (χ0n) is 11.6. The van der Waals surface area contributed by atoms with Gasteiger partial charge in [-0.05, 0) is 24.6 Å². The lowest BCUT2D eigenvalue weighted by molar-refractivity contribution is 0.102. The van der Waals surface area contributed by atoms with E-state index >= 15 is 0 Å². The van der Waals surface area contributed by atoms with Crippen LogP contribution in [0.5, 0.6) is 0 Å². The highest BCUT2D eigenvalue weighted by Crippen LogP contribution is 2.22. The molecule has 0 saturated heterocycles. The number of carbonyl (C=O) groups excluding carboxylic acids is 1. The lowest BCUT2D eigenvalue weighted by atomic mass is 10.2. The molecule has 21 heavy (non-hydrogen) atoms. The minimum absolute atomic E-state index is 0.259. The topological polar surface area (TPSA) is 59.8 Å². The molecule has 106 valence electrons. The highest BCUT2D eigenvalue weighted by molar-refractivity contribution is 6.32. The number of amides is 1. The molecule has 6 heteroatoms. The number of fused-ring (bicyclic) bond motifs is 1. The molecule has 0 fully saturated rings. The molecule has 0 atom stereocenters. The van der Waals surface area contributed by atoms with Crippen molar-refractivity contribution < 1.29 is 4.79 Å². The molecule has 0 aliphatic carbocycles. The number of carbonyl (C=O) groups is 1. The Labute approximate surface area is 126 Å². The summed E-state index contributed by atoms with van der Waals surface area (Å²) in [6, 6.07) is 9.35. The number of nitrogens with one attached hydrogen (secondary N) is 1. The van der Waals surface area contributed by atoms with E-state index in [9.17, 15) is 4.79 Å². The van der Waals surface area contributed by atoms with E-state index in [1.54, 1.807) is 24.0 Å². The Morgan fingerprint density at radius 1 is 1.33 bits per heavy atom. The molecule has 0 saturated carbocycles. The molecule has 0 unspecified atom stereocenters. The lowest BCUT2D eigenvalue weighted by Gasteiger charge is -2.06. The first-order chi connectivity index (χ1) is 10.1. The Hall–Kier alpha value is -2.40. The van der Waals surface area contributed by atoms with Crippen LogP contribution in [0.4, 0.5) is 5.69 Å². The largest absolute Gasteiger partial charge is 0.318 e. The minimum Gasteiger partial charge on any atom is -0.318 e. The molecule has 0 bridgehead atoms. The van der Waals surface area contributed by atoms with Crippen molar-refractivity contribution in [3.05, 3.63) is 52.9 Å². The average Bonchev–Trinajstić information content (AvgIpc) is 2.81. The summed E-state index contributed by atoms with van der Waals surface area (Å²) in [5.74, 6) is -0.305. The Bertz CT molecular complexity index is 841. The Kier molecular flexibility index (Phi) is 3.35. The number of para-hydroxylation sites is 1. The Balaban J connectivity index is 2.00. The van der Waals surface area contributed by atoms with Gasteiger partial charge in [0.05, 0.1) is 11.2 Å².